The number of pyridine rings is 1. The van der Waals surface area contributed by atoms with Gasteiger partial charge < -0.3 is 14.2 Å². The third-order valence-electron chi connectivity index (χ3n) is 3.82. The molecule has 0 saturated heterocycles. The van der Waals surface area contributed by atoms with Crippen molar-refractivity contribution in [3.8, 4) is 23.5 Å². The standard InChI is InChI=1S/C20H19N5O4/c1-13-7-6-9-16(29-20-23-17(27-2)11-18(24-20)28-3)14(13)12-22-25-19(26)15-8-4-5-10-21-15/h4-12H,1-3H3,(H,25,26). The minimum Gasteiger partial charge on any atom is -0.481 e. The van der Waals surface area contributed by atoms with Crippen molar-refractivity contribution in [1.29, 1.82) is 0 Å². The molecule has 148 valence electrons. The topological polar surface area (TPSA) is 108 Å². The van der Waals surface area contributed by atoms with Gasteiger partial charge in [-0.2, -0.15) is 15.1 Å². The van der Waals surface area contributed by atoms with Gasteiger partial charge >= 0.3 is 6.01 Å². The van der Waals surface area contributed by atoms with Crippen LogP contribution in [0.3, 0.4) is 0 Å². The lowest BCUT2D eigenvalue weighted by Gasteiger charge is -2.11. The molecule has 9 nitrogen and oxygen atoms in total. The zero-order valence-electron chi connectivity index (χ0n) is 16.1. The molecule has 0 saturated carbocycles. The van der Waals surface area contributed by atoms with Crippen LogP contribution in [-0.2, 0) is 0 Å². The molecule has 1 N–H and O–H groups in total. The first-order valence-corrected chi connectivity index (χ1v) is 8.59. The van der Waals surface area contributed by atoms with Crippen molar-refractivity contribution in [2.24, 2.45) is 5.10 Å². The number of methoxy groups -OCH3 is 2. The highest BCUT2D eigenvalue weighted by Gasteiger charge is 2.12. The van der Waals surface area contributed by atoms with Gasteiger partial charge in [-0.15, -0.1) is 0 Å². The Hall–Kier alpha value is -4.01. The van der Waals surface area contributed by atoms with E-state index in [-0.39, 0.29) is 11.7 Å². The summed E-state index contributed by atoms with van der Waals surface area (Å²) in [5, 5.41) is 4.01. The van der Waals surface area contributed by atoms with E-state index in [1.807, 2.05) is 19.1 Å². The molecule has 0 aliphatic heterocycles. The molecule has 1 amide bonds. The summed E-state index contributed by atoms with van der Waals surface area (Å²) < 4.78 is 16.1. The largest absolute Gasteiger partial charge is 0.481 e. The van der Waals surface area contributed by atoms with E-state index in [0.717, 1.165) is 5.56 Å². The molecule has 0 atom stereocenters. The Morgan fingerprint density at radius 1 is 1.07 bits per heavy atom. The summed E-state index contributed by atoms with van der Waals surface area (Å²) in [5.41, 5.74) is 4.24. The van der Waals surface area contributed by atoms with Gasteiger partial charge in [0.05, 0.1) is 26.5 Å². The highest BCUT2D eigenvalue weighted by molar-refractivity contribution is 5.93. The fraction of sp³-hybridized carbons (Fsp3) is 0.150. The van der Waals surface area contributed by atoms with E-state index in [0.29, 0.717) is 23.1 Å². The lowest BCUT2D eigenvalue weighted by atomic mass is 10.1. The van der Waals surface area contributed by atoms with Crippen LogP contribution in [0.15, 0.2) is 53.8 Å². The summed E-state index contributed by atoms with van der Waals surface area (Å²) in [6.07, 6.45) is 3.03. The molecular weight excluding hydrogens is 374 g/mol. The molecule has 1 aromatic carbocycles. The zero-order valence-corrected chi connectivity index (χ0v) is 16.1. The number of aromatic nitrogens is 3. The second-order valence-electron chi connectivity index (χ2n) is 5.74. The van der Waals surface area contributed by atoms with E-state index < -0.39 is 5.91 Å². The number of carbonyl (C=O) groups is 1. The van der Waals surface area contributed by atoms with Crippen LogP contribution in [0, 0.1) is 6.92 Å². The molecule has 2 aromatic heterocycles. The minimum atomic E-state index is -0.418. The summed E-state index contributed by atoms with van der Waals surface area (Å²) >= 11 is 0. The number of hydrazone groups is 1. The van der Waals surface area contributed by atoms with Crippen molar-refractivity contribution < 1.29 is 19.0 Å². The lowest BCUT2D eigenvalue weighted by molar-refractivity contribution is 0.0950. The predicted molar refractivity (Wildman–Crippen MR) is 106 cm³/mol. The summed E-state index contributed by atoms with van der Waals surface area (Å²) in [5.74, 6) is 0.643. The van der Waals surface area contributed by atoms with Gasteiger partial charge in [0.15, 0.2) is 0 Å². The monoisotopic (exact) mass is 393 g/mol. The number of rotatable bonds is 7. The number of carbonyl (C=O) groups excluding carboxylic acids is 1. The number of hydrogen-bond acceptors (Lipinski definition) is 8. The second kappa shape index (κ2) is 9.27. The van der Waals surface area contributed by atoms with E-state index >= 15 is 0 Å². The smallest absolute Gasteiger partial charge is 0.328 e. The first-order chi connectivity index (χ1) is 14.1. The third-order valence-corrected chi connectivity index (χ3v) is 3.82. The van der Waals surface area contributed by atoms with E-state index in [1.54, 1.807) is 30.3 Å². The highest BCUT2D eigenvalue weighted by atomic mass is 16.5. The molecule has 2 heterocycles. The van der Waals surface area contributed by atoms with Gasteiger partial charge in [0.25, 0.3) is 5.91 Å². The fourth-order valence-corrected chi connectivity index (χ4v) is 2.35. The van der Waals surface area contributed by atoms with E-state index in [1.165, 1.54) is 26.6 Å². The maximum Gasteiger partial charge on any atom is 0.328 e. The van der Waals surface area contributed by atoms with Gasteiger partial charge in [-0.1, -0.05) is 18.2 Å². The van der Waals surface area contributed by atoms with Crippen molar-refractivity contribution >= 4 is 12.1 Å². The Labute approximate surface area is 167 Å². The summed E-state index contributed by atoms with van der Waals surface area (Å²) in [7, 11) is 2.97. The molecular formula is C20H19N5O4. The molecule has 0 radical (unpaired) electrons. The number of ether oxygens (including phenoxy) is 3. The van der Waals surface area contributed by atoms with Gasteiger partial charge in [-0.25, -0.2) is 5.43 Å². The number of hydrogen-bond donors (Lipinski definition) is 1. The molecule has 9 heteroatoms. The quantitative estimate of drug-likeness (QED) is 0.486. The predicted octanol–water partition coefficient (Wildman–Crippen LogP) is 2.75. The maximum atomic E-state index is 12.1. The van der Waals surface area contributed by atoms with Crippen LogP contribution in [0.4, 0.5) is 0 Å². The molecule has 0 unspecified atom stereocenters. The van der Waals surface area contributed by atoms with Gasteiger partial charge in [-0.3, -0.25) is 9.78 Å². The number of nitrogens with zero attached hydrogens (tertiary/aromatic N) is 4. The summed E-state index contributed by atoms with van der Waals surface area (Å²) in [6.45, 7) is 1.89. The normalized spacial score (nSPS) is 10.6. The average Bonchev–Trinajstić information content (AvgIpc) is 2.75. The van der Waals surface area contributed by atoms with Crippen molar-refractivity contribution in [2.75, 3.05) is 14.2 Å². The Kier molecular flexibility index (Phi) is 6.31. The molecule has 0 aliphatic carbocycles. The molecule has 29 heavy (non-hydrogen) atoms. The van der Waals surface area contributed by atoms with Gasteiger partial charge in [0, 0.05) is 11.8 Å². The number of aryl methyl sites for hydroxylation is 1. The zero-order chi connectivity index (χ0) is 20.6. The summed E-state index contributed by atoms with van der Waals surface area (Å²) in [6, 6.07) is 12.1. The minimum absolute atomic E-state index is 0.0546. The van der Waals surface area contributed by atoms with E-state index in [2.05, 4.69) is 25.5 Å². The molecule has 0 spiro atoms. The molecule has 0 fully saturated rings. The van der Waals surface area contributed by atoms with Crippen molar-refractivity contribution in [3.05, 3.63) is 65.5 Å². The number of amides is 1. The first-order valence-electron chi connectivity index (χ1n) is 8.59. The van der Waals surface area contributed by atoms with Crippen LogP contribution < -0.4 is 19.6 Å². The SMILES string of the molecule is COc1cc(OC)nc(Oc2cccc(C)c2C=NNC(=O)c2ccccn2)n1. The third kappa shape index (κ3) is 5.04. The van der Waals surface area contributed by atoms with Gasteiger partial charge in [-0.05, 0) is 30.7 Å². The van der Waals surface area contributed by atoms with Crippen molar-refractivity contribution in [3.63, 3.8) is 0 Å². The Morgan fingerprint density at radius 2 is 1.83 bits per heavy atom. The van der Waals surface area contributed by atoms with Gasteiger partial charge in [0.1, 0.15) is 11.4 Å². The lowest BCUT2D eigenvalue weighted by Crippen LogP contribution is -2.18. The summed E-state index contributed by atoms with van der Waals surface area (Å²) in [4.78, 5) is 24.4. The van der Waals surface area contributed by atoms with Crippen LogP contribution in [0.25, 0.3) is 0 Å². The number of nitrogens with one attached hydrogen (secondary N) is 1. The van der Waals surface area contributed by atoms with Crippen molar-refractivity contribution in [2.45, 2.75) is 6.92 Å². The first kappa shape index (κ1) is 19.7. The van der Waals surface area contributed by atoms with E-state index in [9.17, 15) is 4.79 Å². The van der Waals surface area contributed by atoms with Crippen LogP contribution in [0.1, 0.15) is 21.6 Å². The van der Waals surface area contributed by atoms with E-state index in [4.69, 9.17) is 14.2 Å². The Bertz CT molecular complexity index is 1000. The average molecular weight is 393 g/mol. The molecule has 0 bridgehead atoms. The van der Waals surface area contributed by atoms with Crippen LogP contribution in [0.5, 0.6) is 23.5 Å². The van der Waals surface area contributed by atoms with Gasteiger partial charge in [0.2, 0.25) is 11.8 Å². The number of benzene rings is 1. The van der Waals surface area contributed by atoms with Crippen LogP contribution in [0.2, 0.25) is 0 Å². The van der Waals surface area contributed by atoms with Crippen LogP contribution in [-0.4, -0.2) is 41.3 Å². The van der Waals surface area contributed by atoms with Crippen LogP contribution >= 0.6 is 0 Å². The van der Waals surface area contributed by atoms with Crippen molar-refractivity contribution in [1.82, 2.24) is 20.4 Å². The highest BCUT2D eigenvalue weighted by Crippen LogP contribution is 2.27. The molecule has 3 aromatic rings. The second-order valence-corrected chi connectivity index (χ2v) is 5.74. The Balaban J connectivity index is 1.81. The molecule has 0 aliphatic rings. The fourth-order valence-electron chi connectivity index (χ4n) is 2.35. The maximum absolute atomic E-state index is 12.1. The Morgan fingerprint density at radius 3 is 2.48 bits per heavy atom. The molecule has 3 rings (SSSR count).